The van der Waals surface area contributed by atoms with Gasteiger partial charge in [0, 0.05) is 23.7 Å². The van der Waals surface area contributed by atoms with E-state index in [4.69, 9.17) is 4.74 Å². The van der Waals surface area contributed by atoms with Crippen LogP contribution in [0.1, 0.15) is 54.3 Å². The average Bonchev–Trinajstić information content (AvgIpc) is 3.71. The molecule has 5 rings (SSSR count). The van der Waals surface area contributed by atoms with Gasteiger partial charge in [-0.15, -0.1) is 10.2 Å². The molecule has 0 bridgehead atoms. The SMILES string of the molecule is COc1cccc(NC(=O)C(Sc2nnc(C3CC3)n2C2CC2)c2ccccc2)c1. The van der Waals surface area contributed by atoms with Crippen LogP contribution in [0.5, 0.6) is 5.75 Å². The Balaban J connectivity index is 1.43. The monoisotopic (exact) mass is 420 g/mol. The van der Waals surface area contributed by atoms with E-state index in [9.17, 15) is 4.79 Å². The van der Waals surface area contributed by atoms with Crippen LogP contribution in [0.4, 0.5) is 5.69 Å². The standard InChI is InChI=1S/C23H24N4O2S/c1-29-19-9-5-8-17(14-19)24-22(28)20(15-6-3-2-4-7-15)30-23-26-25-21(16-10-11-16)27(23)18-12-13-18/h2-9,14,16,18,20H,10-13H2,1H3,(H,24,28). The number of thioether (sulfide) groups is 1. The second-order valence-corrected chi connectivity index (χ2v) is 8.92. The molecule has 0 saturated heterocycles. The first-order valence-corrected chi connectivity index (χ1v) is 11.2. The number of carbonyl (C=O) groups is 1. The normalized spacial score (nSPS) is 16.8. The van der Waals surface area contributed by atoms with Gasteiger partial charge in [0.1, 0.15) is 16.8 Å². The minimum absolute atomic E-state index is 0.0854. The number of methoxy groups -OCH3 is 1. The van der Waals surface area contributed by atoms with Crippen molar-refractivity contribution < 1.29 is 9.53 Å². The molecular formula is C23H24N4O2S. The third-order valence-electron chi connectivity index (χ3n) is 5.45. The van der Waals surface area contributed by atoms with Crippen molar-refractivity contribution in [1.29, 1.82) is 0 Å². The van der Waals surface area contributed by atoms with Gasteiger partial charge in [0.2, 0.25) is 5.91 Å². The molecule has 1 N–H and O–H groups in total. The van der Waals surface area contributed by atoms with Crippen LogP contribution in [0.3, 0.4) is 0 Å². The third kappa shape index (κ3) is 4.07. The topological polar surface area (TPSA) is 69.0 Å². The van der Waals surface area contributed by atoms with Gasteiger partial charge in [-0.3, -0.25) is 4.79 Å². The van der Waals surface area contributed by atoms with E-state index in [1.807, 2.05) is 54.6 Å². The van der Waals surface area contributed by atoms with Gasteiger partial charge in [-0.1, -0.05) is 48.2 Å². The molecule has 3 aromatic rings. The molecule has 2 aliphatic carbocycles. The lowest BCUT2D eigenvalue weighted by atomic mass is 10.1. The maximum absolute atomic E-state index is 13.3. The Hall–Kier alpha value is -2.80. The number of aromatic nitrogens is 3. The summed E-state index contributed by atoms with van der Waals surface area (Å²) in [4.78, 5) is 13.3. The van der Waals surface area contributed by atoms with Crippen molar-refractivity contribution in [3.8, 4) is 5.75 Å². The number of amides is 1. The quantitative estimate of drug-likeness (QED) is 0.521. The minimum atomic E-state index is -0.425. The summed E-state index contributed by atoms with van der Waals surface area (Å²) < 4.78 is 7.57. The summed E-state index contributed by atoms with van der Waals surface area (Å²) >= 11 is 1.49. The molecular weight excluding hydrogens is 396 g/mol. The lowest BCUT2D eigenvalue weighted by Crippen LogP contribution is -2.19. The van der Waals surface area contributed by atoms with Crippen LogP contribution < -0.4 is 10.1 Å². The zero-order valence-corrected chi connectivity index (χ0v) is 17.6. The van der Waals surface area contributed by atoms with Crippen LogP contribution in [0.15, 0.2) is 59.8 Å². The summed E-state index contributed by atoms with van der Waals surface area (Å²) in [6, 6.07) is 17.8. The average molecular weight is 421 g/mol. The van der Waals surface area contributed by atoms with Gasteiger partial charge in [-0.25, -0.2) is 0 Å². The zero-order valence-electron chi connectivity index (χ0n) is 16.8. The first kappa shape index (κ1) is 19.2. The number of ether oxygens (including phenoxy) is 1. The number of benzene rings is 2. The molecule has 7 heteroatoms. The van der Waals surface area contributed by atoms with E-state index in [0.717, 1.165) is 29.4 Å². The van der Waals surface area contributed by atoms with Gasteiger partial charge in [-0.2, -0.15) is 0 Å². The first-order chi connectivity index (χ1) is 14.7. The van der Waals surface area contributed by atoms with Gasteiger partial charge in [0.15, 0.2) is 5.16 Å². The molecule has 2 aliphatic rings. The van der Waals surface area contributed by atoms with Crippen molar-refractivity contribution >= 4 is 23.4 Å². The van der Waals surface area contributed by atoms with Crippen molar-refractivity contribution in [2.24, 2.45) is 0 Å². The number of nitrogens with one attached hydrogen (secondary N) is 1. The minimum Gasteiger partial charge on any atom is -0.497 e. The molecule has 1 unspecified atom stereocenters. The fourth-order valence-electron chi connectivity index (χ4n) is 3.58. The largest absolute Gasteiger partial charge is 0.497 e. The maximum atomic E-state index is 13.3. The smallest absolute Gasteiger partial charge is 0.242 e. The highest BCUT2D eigenvalue weighted by Gasteiger charge is 2.37. The predicted octanol–water partition coefficient (Wildman–Crippen LogP) is 4.97. The van der Waals surface area contributed by atoms with Gasteiger partial charge in [0.05, 0.1) is 7.11 Å². The second kappa shape index (κ2) is 8.14. The van der Waals surface area contributed by atoms with Crippen LogP contribution in [0.2, 0.25) is 0 Å². The summed E-state index contributed by atoms with van der Waals surface area (Å²) in [5, 5.41) is 12.5. The number of carbonyl (C=O) groups excluding carboxylic acids is 1. The molecule has 154 valence electrons. The summed E-state index contributed by atoms with van der Waals surface area (Å²) in [5.74, 6) is 2.25. The Morgan fingerprint density at radius 3 is 2.60 bits per heavy atom. The molecule has 1 amide bonds. The molecule has 2 saturated carbocycles. The molecule has 2 fully saturated rings. The Labute approximate surface area is 180 Å². The van der Waals surface area contributed by atoms with Crippen LogP contribution >= 0.6 is 11.8 Å². The number of hydrogen-bond donors (Lipinski definition) is 1. The highest BCUT2D eigenvalue weighted by Crippen LogP contribution is 2.47. The van der Waals surface area contributed by atoms with E-state index in [2.05, 4.69) is 20.1 Å². The summed E-state index contributed by atoms with van der Waals surface area (Å²) in [5.41, 5.74) is 1.66. The Bertz CT molecular complexity index is 1040. The highest BCUT2D eigenvalue weighted by atomic mass is 32.2. The van der Waals surface area contributed by atoms with E-state index in [-0.39, 0.29) is 5.91 Å². The van der Waals surface area contributed by atoms with Gasteiger partial charge in [0.25, 0.3) is 0 Å². The number of anilines is 1. The number of rotatable bonds is 8. The van der Waals surface area contributed by atoms with E-state index in [0.29, 0.717) is 23.4 Å². The van der Waals surface area contributed by atoms with Crippen molar-refractivity contribution in [1.82, 2.24) is 14.8 Å². The third-order valence-corrected chi connectivity index (χ3v) is 6.66. The molecule has 1 heterocycles. The molecule has 0 radical (unpaired) electrons. The van der Waals surface area contributed by atoms with Crippen LogP contribution in [-0.2, 0) is 4.79 Å². The zero-order chi connectivity index (χ0) is 20.5. The van der Waals surface area contributed by atoms with Crippen LogP contribution in [0.25, 0.3) is 0 Å². The van der Waals surface area contributed by atoms with Gasteiger partial charge < -0.3 is 14.6 Å². The number of nitrogens with zero attached hydrogens (tertiary/aromatic N) is 3. The Morgan fingerprint density at radius 2 is 1.90 bits per heavy atom. The maximum Gasteiger partial charge on any atom is 0.242 e. The lowest BCUT2D eigenvalue weighted by molar-refractivity contribution is -0.115. The van der Waals surface area contributed by atoms with E-state index < -0.39 is 5.25 Å². The highest BCUT2D eigenvalue weighted by molar-refractivity contribution is 8.00. The summed E-state index contributed by atoms with van der Waals surface area (Å²) in [6.45, 7) is 0. The Kier molecular flexibility index (Phi) is 5.21. The summed E-state index contributed by atoms with van der Waals surface area (Å²) in [7, 11) is 1.62. The molecule has 1 aromatic heterocycles. The van der Waals surface area contributed by atoms with Crippen molar-refractivity contribution in [3.63, 3.8) is 0 Å². The van der Waals surface area contributed by atoms with E-state index in [1.54, 1.807) is 7.11 Å². The van der Waals surface area contributed by atoms with Crippen molar-refractivity contribution in [2.45, 2.75) is 48.0 Å². The summed E-state index contributed by atoms with van der Waals surface area (Å²) in [6.07, 6.45) is 4.70. The lowest BCUT2D eigenvalue weighted by Gasteiger charge is -2.18. The molecule has 0 spiro atoms. The van der Waals surface area contributed by atoms with Crippen molar-refractivity contribution in [2.75, 3.05) is 12.4 Å². The van der Waals surface area contributed by atoms with Gasteiger partial charge in [-0.05, 0) is 43.4 Å². The molecule has 30 heavy (non-hydrogen) atoms. The van der Waals surface area contributed by atoms with Gasteiger partial charge >= 0.3 is 0 Å². The van der Waals surface area contributed by atoms with Crippen molar-refractivity contribution in [3.05, 3.63) is 66.0 Å². The van der Waals surface area contributed by atoms with E-state index in [1.165, 1.54) is 24.6 Å². The number of hydrogen-bond acceptors (Lipinski definition) is 5. The molecule has 2 aromatic carbocycles. The Morgan fingerprint density at radius 1 is 1.10 bits per heavy atom. The predicted molar refractivity (Wildman–Crippen MR) is 117 cm³/mol. The van der Waals surface area contributed by atoms with Crippen LogP contribution in [-0.4, -0.2) is 27.8 Å². The van der Waals surface area contributed by atoms with Crippen LogP contribution in [0, 0.1) is 0 Å². The fourth-order valence-corrected chi connectivity index (χ4v) is 4.69. The fraction of sp³-hybridized carbons (Fsp3) is 0.348. The second-order valence-electron chi connectivity index (χ2n) is 7.85. The molecule has 1 atom stereocenters. The molecule has 0 aliphatic heterocycles. The molecule has 6 nitrogen and oxygen atoms in total. The first-order valence-electron chi connectivity index (χ1n) is 10.3. The van der Waals surface area contributed by atoms with E-state index >= 15 is 0 Å².